The number of nitriles is 1. The minimum atomic E-state index is -3.00. The quantitative estimate of drug-likeness (QED) is 0.481. The molecule has 1 rings (SSSR count). The number of carbonyl (C=O) groups excluding carboxylic acids is 1. The first-order chi connectivity index (χ1) is 9.36. The third kappa shape index (κ3) is 3.75. The Morgan fingerprint density at radius 2 is 2.15 bits per heavy atom. The number of carbonyl (C=O) groups is 1. The lowest BCUT2D eigenvalue weighted by Gasteiger charge is -2.07. The summed E-state index contributed by atoms with van der Waals surface area (Å²) in [5.41, 5.74) is -1.61. The number of esters is 1. The first-order valence-corrected chi connectivity index (χ1v) is 5.69. The van der Waals surface area contributed by atoms with Crippen LogP contribution in [-0.4, -0.2) is 16.6 Å². The van der Waals surface area contributed by atoms with Crippen LogP contribution < -0.4 is 5.56 Å². The fourth-order valence-electron chi connectivity index (χ4n) is 1.36. The summed E-state index contributed by atoms with van der Waals surface area (Å²) < 4.78 is 30.1. The Balaban J connectivity index is 3.22. The molecule has 0 saturated heterocycles. The van der Waals surface area contributed by atoms with Crippen molar-refractivity contribution in [3.63, 3.8) is 0 Å². The number of hydrogen-bond donors (Lipinski definition) is 0. The van der Waals surface area contributed by atoms with Gasteiger partial charge in [0.05, 0.1) is 6.10 Å². The van der Waals surface area contributed by atoms with Crippen LogP contribution in [0.1, 0.15) is 26.0 Å². The second-order valence-corrected chi connectivity index (χ2v) is 4.08. The van der Waals surface area contributed by atoms with Gasteiger partial charge in [0.25, 0.3) is 5.56 Å². The molecule has 0 spiro atoms. The predicted molar refractivity (Wildman–Crippen MR) is 66.8 cm³/mol. The summed E-state index contributed by atoms with van der Waals surface area (Å²) in [7, 11) is 0. The average Bonchev–Trinajstić information content (AvgIpc) is 2.36. The van der Waals surface area contributed by atoms with Crippen LogP contribution in [0.3, 0.4) is 0 Å². The molecule has 0 fully saturated rings. The highest BCUT2D eigenvalue weighted by atomic mass is 19.3. The van der Waals surface area contributed by atoms with Crippen molar-refractivity contribution in [1.29, 1.82) is 5.26 Å². The third-order valence-electron chi connectivity index (χ3n) is 2.20. The van der Waals surface area contributed by atoms with Gasteiger partial charge in [-0.15, -0.1) is 0 Å². The number of halogens is 2. The Bertz CT molecular complexity index is 627. The third-order valence-corrected chi connectivity index (χ3v) is 2.20. The summed E-state index contributed by atoms with van der Waals surface area (Å²) in [6, 6.07) is 4.04. The van der Waals surface area contributed by atoms with Crippen molar-refractivity contribution in [3.05, 3.63) is 39.8 Å². The maximum Gasteiger partial charge on any atom is 0.349 e. The molecular formula is C13H12F2N2O3. The minimum absolute atomic E-state index is 0.190. The topological polar surface area (TPSA) is 72.1 Å². The average molecular weight is 282 g/mol. The first-order valence-electron chi connectivity index (χ1n) is 5.69. The molecule has 1 aromatic rings. The van der Waals surface area contributed by atoms with E-state index in [1.165, 1.54) is 12.1 Å². The van der Waals surface area contributed by atoms with Crippen LogP contribution in [0, 0.1) is 11.3 Å². The summed E-state index contributed by atoms with van der Waals surface area (Å²) >= 11 is 0. The van der Waals surface area contributed by atoms with Gasteiger partial charge < -0.3 is 4.74 Å². The van der Waals surface area contributed by atoms with Crippen molar-refractivity contribution >= 4 is 12.0 Å². The number of nitrogens with zero attached hydrogens (tertiary/aromatic N) is 2. The SMILES string of the molecule is CC(C)OC(=O)C(C#N)=Cc1cccn(C(F)F)c1=O. The maximum absolute atomic E-state index is 12.5. The Labute approximate surface area is 113 Å². The van der Waals surface area contributed by atoms with Gasteiger partial charge in [-0.25, -0.2) is 4.79 Å². The van der Waals surface area contributed by atoms with Crippen LogP contribution in [0.25, 0.3) is 6.08 Å². The normalized spacial score (nSPS) is 11.6. The Morgan fingerprint density at radius 1 is 1.50 bits per heavy atom. The van der Waals surface area contributed by atoms with Crippen molar-refractivity contribution in [2.24, 2.45) is 0 Å². The lowest BCUT2D eigenvalue weighted by atomic mass is 10.2. The van der Waals surface area contributed by atoms with Crippen molar-refractivity contribution in [2.75, 3.05) is 0 Å². The molecule has 1 heterocycles. The van der Waals surface area contributed by atoms with Crippen LogP contribution in [-0.2, 0) is 9.53 Å². The molecule has 0 saturated carbocycles. The van der Waals surface area contributed by atoms with Gasteiger partial charge in [-0.05, 0) is 32.1 Å². The van der Waals surface area contributed by atoms with Crippen molar-refractivity contribution < 1.29 is 18.3 Å². The minimum Gasteiger partial charge on any atom is -0.459 e. The van der Waals surface area contributed by atoms with Gasteiger partial charge in [-0.3, -0.25) is 9.36 Å². The standard InChI is InChI=1S/C13H12F2N2O3/c1-8(2)20-12(19)10(7-16)6-9-4-3-5-17(11(9)18)13(14)15/h3-6,8,13H,1-2H3. The van der Waals surface area contributed by atoms with E-state index in [1.54, 1.807) is 19.9 Å². The summed E-state index contributed by atoms with van der Waals surface area (Å²) in [4.78, 5) is 23.2. The van der Waals surface area contributed by atoms with Crippen LogP contribution in [0.5, 0.6) is 0 Å². The van der Waals surface area contributed by atoms with Gasteiger partial charge in [0.15, 0.2) is 0 Å². The second-order valence-electron chi connectivity index (χ2n) is 4.08. The zero-order valence-electron chi connectivity index (χ0n) is 10.8. The van der Waals surface area contributed by atoms with E-state index in [1.807, 2.05) is 0 Å². The molecule has 1 aromatic heterocycles. The highest BCUT2D eigenvalue weighted by Gasteiger charge is 2.15. The van der Waals surface area contributed by atoms with Crippen LogP contribution in [0.2, 0.25) is 0 Å². The number of rotatable bonds is 4. The lowest BCUT2D eigenvalue weighted by molar-refractivity contribution is -0.142. The highest BCUT2D eigenvalue weighted by Crippen LogP contribution is 2.09. The predicted octanol–water partition coefficient (Wildman–Crippen LogP) is 2.10. The van der Waals surface area contributed by atoms with Crippen molar-refractivity contribution in [1.82, 2.24) is 4.57 Å². The molecule has 106 valence electrons. The second kappa shape index (κ2) is 6.61. The Kier molecular flexibility index (Phi) is 5.15. The van der Waals surface area contributed by atoms with Gasteiger partial charge in [-0.1, -0.05) is 0 Å². The van der Waals surface area contributed by atoms with Gasteiger partial charge in [0.1, 0.15) is 11.6 Å². The lowest BCUT2D eigenvalue weighted by Crippen LogP contribution is -2.22. The maximum atomic E-state index is 12.5. The van der Waals surface area contributed by atoms with E-state index in [4.69, 9.17) is 10.00 Å². The van der Waals surface area contributed by atoms with E-state index >= 15 is 0 Å². The summed E-state index contributed by atoms with van der Waals surface area (Å²) in [5.74, 6) is -0.908. The van der Waals surface area contributed by atoms with Crippen molar-refractivity contribution in [3.8, 4) is 6.07 Å². The zero-order chi connectivity index (χ0) is 15.3. The first kappa shape index (κ1) is 15.6. The molecule has 0 aliphatic carbocycles. The van der Waals surface area contributed by atoms with E-state index in [0.717, 1.165) is 12.3 Å². The molecule has 7 heteroatoms. The van der Waals surface area contributed by atoms with Crippen LogP contribution >= 0.6 is 0 Å². The molecule has 0 atom stereocenters. The van der Waals surface area contributed by atoms with E-state index in [2.05, 4.69) is 0 Å². The van der Waals surface area contributed by atoms with Crippen LogP contribution in [0.15, 0.2) is 28.7 Å². The molecule has 0 radical (unpaired) electrons. The largest absolute Gasteiger partial charge is 0.459 e. The fourth-order valence-corrected chi connectivity index (χ4v) is 1.36. The molecule has 0 aliphatic heterocycles. The van der Waals surface area contributed by atoms with Gasteiger partial charge in [-0.2, -0.15) is 14.0 Å². The van der Waals surface area contributed by atoms with E-state index < -0.39 is 29.8 Å². The molecule has 5 nitrogen and oxygen atoms in total. The molecule has 0 N–H and O–H groups in total. The summed E-state index contributed by atoms with van der Waals surface area (Å²) in [6.45, 7) is 0.197. The molecule has 0 amide bonds. The number of ether oxygens (including phenoxy) is 1. The number of alkyl halides is 2. The molecular weight excluding hydrogens is 270 g/mol. The smallest absolute Gasteiger partial charge is 0.349 e. The highest BCUT2D eigenvalue weighted by molar-refractivity contribution is 5.97. The molecule has 0 aromatic carbocycles. The molecule has 0 aliphatic rings. The van der Waals surface area contributed by atoms with E-state index in [-0.39, 0.29) is 10.1 Å². The Hall–Kier alpha value is -2.49. The van der Waals surface area contributed by atoms with Crippen LogP contribution in [0.4, 0.5) is 8.78 Å². The molecule has 0 bridgehead atoms. The van der Waals surface area contributed by atoms with E-state index in [9.17, 15) is 18.4 Å². The number of hydrogen-bond acceptors (Lipinski definition) is 4. The van der Waals surface area contributed by atoms with Gasteiger partial charge >= 0.3 is 12.5 Å². The number of pyridine rings is 1. The van der Waals surface area contributed by atoms with Gasteiger partial charge in [0, 0.05) is 11.8 Å². The van der Waals surface area contributed by atoms with E-state index in [0.29, 0.717) is 0 Å². The number of aromatic nitrogens is 1. The monoisotopic (exact) mass is 282 g/mol. The molecule has 20 heavy (non-hydrogen) atoms. The summed E-state index contributed by atoms with van der Waals surface area (Å²) in [6.07, 6.45) is 1.42. The zero-order valence-corrected chi connectivity index (χ0v) is 10.8. The van der Waals surface area contributed by atoms with Crippen molar-refractivity contribution in [2.45, 2.75) is 26.5 Å². The Morgan fingerprint density at radius 3 is 2.65 bits per heavy atom. The van der Waals surface area contributed by atoms with Gasteiger partial charge in [0.2, 0.25) is 0 Å². The molecule has 0 unspecified atom stereocenters. The fraction of sp³-hybridized carbons (Fsp3) is 0.308. The summed E-state index contributed by atoms with van der Waals surface area (Å²) in [5, 5.41) is 8.86.